The molecule has 0 amide bonds. The van der Waals surface area contributed by atoms with Crippen LogP contribution in [-0.4, -0.2) is 73.9 Å². The molecule has 2 fully saturated rings. The molecule has 2 heterocycles. The molecule has 1 unspecified atom stereocenters. The lowest BCUT2D eigenvalue weighted by Gasteiger charge is -2.39. The van der Waals surface area contributed by atoms with Crippen LogP contribution in [0.15, 0.2) is 29.3 Å². The quantitative estimate of drug-likeness (QED) is 0.563. The molecule has 8 heteroatoms. The largest absolute Gasteiger partial charge is 0.357 e. The summed E-state index contributed by atoms with van der Waals surface area (Å²) in [4.78, 5) is 9.52. The average Bonchev–Trinajstić information content (AvgIpc) is 3.18. The minimum Gasteiger partial charge on any atom is -0.357 e. The lowest BCUT2D eigenvalue weighted by atomic mass is 10.1. The maximum atomic E-state index is 12.4. The molecule has 29 heavy (non-hydrogen) atoms. The summed E-state index contributed by atoms with van der Waals surface area (Å²) in [6.07, 6.45) is 2.41. The lowest BCUT2D eigenvalue weighted by molar-refractivity contribution is 0.250. The highest BCUT2D eigenvalue weighted by Crippen LogP contribution is 2.28. The van der Waals surface area contributed by atoms with Crippen LogP contribution in [0.3, 0.4) is 0 Å². The number of nitrogens with one attached hydrogen (secondary N) is 1. The van der Waals surface area contributed by atoms with Gasteiger partial charge in [-0.15, -0.1) is 0 Å². The summed E-state index contributed by atoms with van der Waals surface area (Å²) in [5, 5.41) is 4.10. The van der Waals surface area contributed by atoms with Crippen LogP contribution in [0, 0.1) is 0 Å². The number of hydrogen-bond donors (Lipinski definition) is 1. The Balaban J connectivity index is 1.83. The molecular formula is C21H33ClN4O2S. The molecule has 162 valence electrons. The van der Waals surface area contributed by atoms with E-state index in [1.165, 1.54) is 18.4 Å². The third kappa shape index (κ3) is 5.25. The summed E-state index contributed by atoms with van der Waals surface area (Å²) >= 11 is 6.26. The maximum Gasteiger partial charge on any atom is 0.194 e. The number of likely N-dealkylation sites (tertiary alicyclic amines) is 1. The molecule has 2 saturated heterocycles. The fourth-order valence-corrected chi connectivity index (χ4v) is 5.69. The van der Waals surface area contributed by atoms with Crippen LogP contribution in [-0.2, 0) is 9.84 Å². The Bertz CT molecular complexity index is 835. The number of halogens is 1. The van der Waals surface area contributed by atoms with Gasteiger partial charge in [0.25, 0.3) is 0 Å². The van der Waals surface area contributed by atoms with Gasteiger partial charge in [-0.25, -0.2) is 8.42 Å². The van der Waals surface area contributed by atoms with Gasteiger partial charge in [0.2, 0.25) is 0 Å². The van der Waals surface area contributed by atoms with Crippen LogP contribution < -0.4 is 5.32 Å². The van der Waals surface area contributed by atoms with E-state index in [4.69, 9.17) is 16.6 Å². The second kappa shape index (κ2) is 9.23. The van der Waals surface area contributed by atoms with E-state index in [1.807, 2.05) is 25.1 Å². The molecule has 0 spiro atoms. The second-order valence-corrected chi connectivity index (χ2v) is 11.7. The van der Waals surface area contributed by atoms with Crippen LogP contribution >= 0.6 is 11.6 Å². The van der Waals surface area contributed by atoms with Crippen molar-refractivity contribution in [2.45, 2.75) is 44.4 Å². The van der Waals surface area contributed by atoms with Gasteiger partial charge >= 0.3 is 0 Å². The predicted molar refractivity (Wildman–Crippen MR) is 120 cm³/mol. The smallest absolute Gasteiger partial charge is 0.194 e. The van der Waals surface area contributed by atoms with E-state index < -0.39 is 14.6 Å². The van der Waals surface area contributed by atoms with Crippen molar-refractivity contribution in [2.75, 3.05) is 45.0 Å². The van der Waals surface area contributed by atoms with Crippen molar-refractivity contribution in [2.24, 2.45) is 4.99 Å². The molecular weight excluding hydrogens is 408 g/mol. The van der Waals surface area contributed by atoms with Gasteiger partial charge < -0.3 is 10.2 Å². The van der Waals surface area contributed by atoms with Crippen LogP contribution in [0.5, 0.6) is 0 Å². The fraction of sp³-hybridized carbons (Fsp3) is 0.667. The van der Waals surface area contributed by atoms with Gasteiger partial charge in [-0.1, -0.05) is 23.7 Å². The molecule has 0 aliphatic carbocycles. The fourth-order valence-electron chi connectivity index (χ4n) is 4.12. The molecule has 2 aliphatic rings. The van der Waals surface area contributed by atoms with E-state index in [0.29, 0.717) is 19.6 Å². The number of aliphatic imine (C=N–C) groups is 1. The number of sulfone groups is 1. The Morgan fingerprint density at radius 3 is 2.62 bits per heavy atom. The van der Waals surface area contributed by atoms with Crippen molar-refractivity contribution in [3.05, 3.63) is 34.9 Å². The SMILES string of the molecule is CCNC(=NCC(c1cccc(Cl)c1)N1CCCC1)N1CCS(=O)(=O)C(C)(C)C1. The van der Waals surface area contributed by atoms with Crippen LogP contribution in [0.25, 0.3) is 0 Å². The second-order valence-electron chi connectivity index (χ2n) is 8.51. The normalized spacial score (nSPS) is 23.2. The van der Waals surface area contributed by atoms with Gasteiger partial charge in [0.05, 0.1) is 23.1 Å². The first-order valence-corrected chi connectivity index (χ1v) is 12.5. The topological polar surface area (TPSA) is 65.0 Å². The molecule has 0 radical (unpaired) electrons. The molecule has 6 nitrogen and oxygen atoms in total. The Morgan fingerprint density at radius 1 is 1.28 bits per heavy atom. The molecule has 3 rings (SSSR count). The summed E-state index contributed by atoms with van der Waals surface area (Å²) in [6.45, 7) is 10.1. The van der Waals surface area contributed by atoms with E-state index in [-0.39, 0.29) is 11.8 Å². The highest BCUT2D eigenvalue weighted by Gasteiger charge is 2.41. The Kier molecular flexibility index (Phi) is 7.12. The lowest BCUT2D eigenvalue weighted by Crippen LogP contribution is -2.57. The summed E-state index contributed by atoms with van der Waals surface area (Å²) in [7, 11) is -3.08. The zero-order chi connectivity index (χ0) is 21.1. The van der Waals surface area contributed by atoms with E-state index in [0.717, 1.165) is 30.6 Å². The van der Waals surface area contributed by atoms with E-state index in [2.05, 4.69) is 21.2 Å². The van der Waals surface area contributed by atoms with E-state index in [1.54, 1.807) is 13.8 Å². The minimum absolute atomic E-state index is 0.161. The predicted octanol–water partition coefficient (Wildman–Crippen LogP) is 2.95. The van der Waals surface area contributed by atoms with Gasteiger partial charge in [-0.2, -0.15) is 0 Å². The zero-order valence-electron chi connectivity index (χ0n) is 17.7. The molecule has 0 bridgehead atoms. The van der Waals surface area contributed by atoms with E-state index in [9.17, 15) is 8.42 Å². The number of rotatable bonds is 5. The summed E-state index contributed by atoms with van der Waals surface area (Å²) in [5.41, 5.74) is 1.18. The zero-order valence-corrected chi connectivity index (χ0v) is 19.3. The van der Waals surface area contributed by atoms with Crippen molar-refractivity contribution in [1.82, 2.24) is 15.1 Å². The third-order valence-electron chi connectivity index (χ3n) is 5.91. The van der Waals surface area contributed by atoms with Gasteiger partial charge in [-0.05, 0) is 64.4 Å². The number of guanidine groups is 1. The Labute approximate surface area is 180 Å². The average molecular weight is 441 g/mol. The first-order valence-electron chi connectivity index (χ1n) is 10.5. The van der Waals surface area contributed by atoms with Crippen molar-refractivity contribution < 1.29 is 8.42 Å². The van der Waals surface area contributed by atoms with Gasteiger partial charge in [0, 0.05) is 24.7 Å². The number of benzene rings is 1. The van der Waals surface area contributed by atoms with Crippen LogP contribution in [0.1, 0.15) is 45.2 Å². The van der Waals surface area contributed by atoms with E-state index >= 15 is 0 Å². The van der Waals surface area contributed by atoms with Crippen molar-refractivity contribution in [1.29, 1.82) is 0 Å². The molecule has 1 aromatic carbocycles. The monoisotopic (exact) mass is 440 g/mol. The number of hydrogen-bond acceptors (Lipinski definition) is 4. The summed E-state index contributed by atoms with van der Waals surface area (Å²) in [6, 6.07) is 8.22. The van der Waals surface area contributed by atoms with Gasteiger partial charge in [-0.3, -0.25) is 9.89 Å². The molecule has 1 aromatic rings. The van der Waals surface area contributed by atoms with Crippen molar-refractivity contribution in [3.8, 4) is 0 Å². The molecule has 0 aromatic heterocycles. The first kappa shape index (κ1) is 22.4. The maximum absolute atomic E-state index is 12.4. The first-order chi connectivity index (χ1) is 13.7. The summed E-state index contributed by atoms with van der Waals surface area (Å²) < 4.78 is 24.0. The Hall–Kier alpha value is -1.31. The van der Waals surface area contributed by atoms with Crippen molar-refractivity contribution in [3.63, 3.8) is 0 Å². The van der Waals surface area contributed by atoms with Crippen LogP contribution in [0.2, 0.25) is 5.02 Å². The molecule has 1 N–H and O–H groups in total. The molecule has 2 aliphatic heterocycles. The number of nitrogens with zero attached hydrogens (tertiary/aromatic N) is 3. The van der Waals surface area contributed by atoms with Crippen molar-refractivity contribution >= 4 is 27.4 Å². The van der Waals surface area contributed by atoms with Gasteiger partial charge in [0.1, 0.15) is 0 Å². The minimum atomic E-state index is -3.08. The molecule has 1 atom stereocenters. The van der Waals surface area contributed by atoms with Crippen LogP contribution in [0.4, 0.5) is 0 Å². The Morgan fingerprint density at radius 2 is 2.00 bits per heavy atom. The summed E-state index contributed by atoms with van der Waals surface area (Å²) in [5.74, 6) is 0.954. The third-order valence-corrected chi connectivity index (χ3v) is 8.67. The van der Waals surface area contributed by atoms with Gasteiger partial charge in [0.15, 0.2) is 15.8 Å². The standard InChI is InChI=1S/C21H33ClN4O2S/c1-4-23-20(26-12-13-29(27,28)21(2,3)16-26)24-15-19(25-10-5-6-11-25)17-8-7-9-18(22)14-17/h7-9,14,19H,4-6,10-13,15-16H2,1-3H3,(H,23,24). The highest BCUT2D eigenvalue weighted by molar-refractivity contribution is 7.92. The molecule has 0 saturated carbocycles. The highest BCUT2D eigenvalue weighted by atomic mass is 35.5.